The third-order valence-corrected chi connectivity index (χ3v) is 6.76. The molecule has 2 aromatic heterocycles. The van der Waals surface area contributed by atoms with E-state index >= 15 is 0 Å². The molecule has 9 heteroatoms. The van der Waals surface area contributed by atoms with Gasteiger partial charge >= 0.3 is 5.97 Å². The highest BCUT2D eigenvalue weighted by Crippen LogP contribution is 2.58. The van der Waals surface area contributed by atoms with Crippen LogP contribution in [0.25, 0.3) is 11.4 Å². The first-order chi connectivity index (χ1) is 15.7. The molecule has 5 atom stereocenters. The molecule has 32 heavy (non-hydrogen) atoms. The molecule has 0 amide bonds. The molecule has 2 unspecified atom stereocenters. The quantitative estimate of drug-likeness (QED) is 0.576. The summed E-state index contributed by atoms with van der Waals surface area (Å²) >= 11 is 0. The highest BCUT2D eigenvalue weighted by Gasteiger charge is 2.63. The summed E-state index contributed by atoms with van der Waals surface area (Å²) in [5.41, 5.74) is 2.27. The van der Waals surface area contributed by atoms with E-state index in [0.29, 0.717) is 36.3 Å². The van der Waals surface area contributed by atoms with Crippen molar-refractivity contribution in [1.29, 1.82) is 0 Å². The van der Waals surface area contributed by atoms with E-state index in [2.05, 4.69) is 15.3 Å². The topological polar surface area (TPSA) is 97.6 Å². The van der Waals surface area contributed by atoms with Crippen molar-refractivity contribution in [3.63, 3.8) is 0 Å². The van der Waals surface area contributed by atoms with E-state index in [1.165, 1.54) is 0 Å². The molecule has 0 radical (unpaired) electrons. The maximum absolute atomic E-state index is 12.1. The Balaban J connectivity index is 1.21. The number of hydrogen-bond acceptors (Lipinski definition) is 8. The summed E-state index contributed by atoms with van der Waals surface area (Å²) in [7, 11) is 1.85. The Hall–Kier alpha value is -2.52. The molecule has 1 aliphatic heterocycles. The number of ether oxygens (including phenoxy) is 4. The molecule has 5 rings (SSSR count). The first-order valence-corrected chi connectivity index (χ1v) is 11.6. The molecule has 3 heterocycles. The van der Waals surface area contributed by atoms with E-state index in [4.69, 9.17) is 18.9 Å². The van der Waals surface area contributed by atoms with Crippen LogP contribution in [0.1, 0.15) is 44.7 Å². The highest BCUT2D eigenvalue weighted by atomic mass is 16.7. The smallest absolute Gasteiger partial charge is 0.309 e. The lowest BCUT2D eigenvalue weighted by molar-refractivity contribution is -0.169. The average molecular weight is 443 g/mol. The Morgan fingerprint density at radius 1 is 1.25 bits per heavy atom. The second-order valence-corrected chi connectivity index (χ2v) is 8.75. The standard InChI is InChI=1S/C23H30N4O5/c1-3-29-23(28)21-15-8-10-18(20(15)21)32-14-7-9-16(24-12-14)22-17(27(2)26-25-22)13-31-19-6-4-5-11-30-19/h7,9,12,15,18-21H,3-6,8,10-11,13H2,1-2H3/t15-,18-,19?,20-,21?/m1/s1. The van der Waals surface area contributed by atoms with Gasteiger partial charge in [-0.05, 0) is 57.1 Å². The summed E-state index contributed by atoms with van der Waals surface area (Å²) in [6.45, 7) is 3.38. The van der Waals surface area contributed by atoms with Crippen molar-refractivity contribution in [2.24, 2.45) is 24.8 Å². The van der Waals surface area contributed by atoms with Crippen LogP contribution in [-0.2, 0) is 32.7 Å². The minimum Gasteiger partial charge on any atom is -0.488 e. The lowest BCUT2D eigenvalue weighted by atomic mass is 10.1. The molecular weight excluding hydrogens is 412 g/mol. The molecule has 0 aromatic carbocycles. The minimum atomic E-state index is -0.175. The van der Waals surface area contributed by atoms with Crippen molar-refractivity contribution in [3.8, 4) is 17.1 Å². The Bertz CT molecular complexity index is 940. The molecule has 2 aliphatic carbocycles. The van der Waals surface area contributed by atoms with E-state index in [-0.39, 0.29) is 30.2 Å². The van der Waals surface area contributed by atoms with Gasteiger partial charge in [0, 0.05) is 19.6 Å². The molecule has 3 fully saturated rings. The summed E-state index contributed by atoms with van der Waals surface area (Å²) < 4.78 is 24.7. The van der Waals surface area contributed by atoms with E-state index in [0.717, 1.165) is 44.4 Å². The van der Waals surface area contributed by atoms with Gasteiger partial charge < -0.3 is 18.9 Å². The van der Waals surface area contributed by atoms with E-state index in [9.17, 15) is 4.79 Å². The lowest BCUT2D eigenvalue weighted by Crippen LogP contribution is -2.22. The molecular formula is C23H30N4O5. The van der Waals surface area contributed by atoms with Crippen LogP contribution in [0.3, 0.4) is 0 Å². The van der Waals surface area contributed by atoms with Crippen LogP contribution in [0.2, 0.25) is 0 Å². The maximum Gasteiger partial charge on any atom is 0.309 e. The van der Waals surface area contributed by atoms with Gasteiger partial charge in [0.1, 0.15) is 17.5 Å². The van der Waals surface area contributed by atoms with Crippen molar-refractivity contribution in [3.05, 3.63) is 24.0 Å². The van der Waals surface area contributed by atoms with Gasteiger partial charge in [-0.2, -0.15) is 0 Å². The van der Waals surface area contributed by atoms with Crippen molar-refractivity contribution in [2.75, 3.05) is 13.2 Å². The number of hydrogen-bond donors (Lipinski definition) is 0. The maximum atomic E-state index is 12.1. The van der Waals surface area contributed by atoms with E-state index < -0.39 is 0 Å². The van der Waals surface area contributed by atoms with Crippen LogP contribution in [0.15, 0.2) is 18.3 Å². The third kappa shape index (κ3) is 4.23. The molecule has 0 N–H and O–H groups in total. The molecule has 0 spiro atoms. The molecule has 2 aromatic rings. The van der Waals surface area contributed by atoms with Crippen LogP contribution < -0.4 is 4.74 Å². The monoisotopic (exact) mass is 442 g/mol. The number of fused-ring (bicyclic) bond motifs is 1. The van der Waals surface area contributed by atoms with Crippen LogP contribution in [0.5, 0.6) is 5.75 Å². The number of aryl methyl sites for hydroxylation is 1. The molecule has 9 nitrogen and oxygen atoms in total. The van der Waals surface area contributed by atoms with Crippen molar-refractivity contribution >= 4 is 5.97 Å². The number of rotatable bonds is 8. The Kier molecular flexibility index (Phi) is 6.10. The normalized spacial score (nSPS) is 28.9. The molecule has 172 valence electrons. The lowest BCUT2D eigenvalue weighted by Gasteiger charge is -2.22. The highest BCUT2D eigenvalue weighted by molar-refractivity contribution is 5.77. The SMILES string of the molecule is CCOC(=O)C1[C@H]2[C@H](Oc3ccc(-c4nnn(C)c4COC4CCCCO4)nc3)CC[C@@H]12. The molecule has 1 saturated heterocycles. The zero-order valence-corrected chi connectivity index (χ0v) is 18.6. The van der Waals surface area contributed by atoms with Gasteiger partial charge in [-0.25, -0.2) is 4.68 Å². The van der Waals surface area contributed by atoms with Crippen molar-refractivity contribution < 1.29 is 23.7 Å². The number of pyridine rings is 1. The Morgan fingerprint density at radius 3 is 2.91 bits per heavy atom. The largest absolute Gasteiger partial charge is 0.488 e. The summed E-state index contributed by atoms with van der Waals surface area (Å²) in [5.74, 6) is 1.28. The summed E-state index contributed by atoms with van der Waals surface area (Å²) in [5, 5.41) is 8.43. The fourth-order valence-corrected chi connectivity index (χ4v) is 5.05. The van der Waals surface area contributed by atoms with E-state index in [1.54, 1.807) is 10.9 Å². The third-order valence-electron chi connectivity index (χ3n) is 6.76. The Labute approximate surface area is 187 Å². The number of esters is 1. The van der Waals surface area contributed by atoms with Gasteiger partial charge in [-0.15, -0.1) is 5.10 Å². The zero-order valence-electron chi connectivity index (χ0n) is 18.6. The second-order valence-electron chi connectivity index (χ2n) is 8.75. The molecule has 2 saturated carbocycles. The first-order valence-electron chi connectivity index (χ1n) is 11.6. The Morgan fingerprint density at radius 2 is 2.16 bits per heavy atom. The van der Waals surface area contributed by atoms with Gasteiger partial charge in [0.15, 0.2) is 6.29 Å². The van der Waals surface area contributed by atoms with Crippen LogP contribution in [0.4, 0.5) is 0 Å². The average Bonchev–Trinajstić information content (AvgIpc) is 3.22. The van der Waals surface area contributed by atoms with Gasteiger partial charge in [0.25, 0.3) is 0 Å². The predicted molar refractivity (Wildman–Crippen MR) is 113 cm³/mol. The summed E-state index contributed by atoms with van der Waals surface area (Å²) in [6.07, 6.45) is 6.67. The van der Waals surface area contributed by atoms with Gasteiger partial charge in [0.2, 0.25) is 0 Å². The summed E-state index contributed by atoms with van der Waals surface area (Å²) in [4.78, 5) is 16.6. The minimum absolute atomic E-state index is 0.00349. The van der Waals surface area contributed by atoms with Gasteiger partial charge in [-0.1, -0.05) is 5.21 Å². The zero-order chi connectivity index (χ0) is 22.1. The van der Waals surface area contributed by atoms with Gasteiger partial charge in [-0.3, -0.25) is 9.78 Å². The van der Waals surface area contributed by atoms with E-state index in [1.807, 2.05) is 26.1 Å². The number of aromatic nitrogens is 4. The van der Waals surface area contributed by atoms with Crippen LogP contribution >= 0.6 is 0 Å². The number of carbonyl (C=O) groups is 1. The van der Waals surface area contributed by atoms with Crippen molar-refractivity contribution in [2.45, 2.75) is 58.0 Å². The summed E-state index contributed by atoms with van der Waals surface area (Å²) in [6, 6.07) is 3.79. The molecule has 0 bridgehead atoms. The fourth-order valence-electron chi connectivity index (χ4n) is 5.05. The van der Waals surface area contributed by atoms with Crippen molar-refractivity contribution in [1.82, 2.24) is 20.0 Å². The number of nitrogens with zero attached hydrogens (tertiary/aromatic N) is 4. The number of carbonyl (C=O) groups excluding carboxylic acids is 1. The first kappa shape index (κ1) is 21.3. The van der Waals surface area contributed by atoms with Crippen LogP contribution in [-0.4, -0.2) is 51.6 Å². The van der Waals surface area contributed by atoms with Crippen LogP contribution in [0, 0.1) is 17.8 Å². The predicted octanol–water partition coefficient (Wildman–Crippen LogP) is 2.89. The van der Waals surface area contributed by atoms with Gasteiger partial charge in [0.05, 0.1) is 36.7 Å². The second kappa shape index (κ2) is 9.15. The molecule has 3 aliphatic rings. The fraction of sp³-hybridized carbons (Fsp3) is 0.652.